The van der Waals surface area contributed by atoms with E-state index in [-0.39, 0.29) is 0 Å². The average Bonchev–Trinajstić information content (AvgIpc) is 3.04. The van der Waals surface area contributed by atoms with Crippen LogP contribution in [0.2, 0.25) is 0 Å². The Morgan fingerprint density at radius 2 is 2.15 bits per heavy atom. The van der Waals surface area contributed by atoms with Crippen LogP contribution >= 0.6 is 0 Å². The lowest BCUT2D eigenvalue weighted by molar-refractivity contribution is 0.625. The first-order chi connectivity index (χ1) is 9.78. The minimum atomic E-state index is 0.639. The molecule has 0 bridgehead atoms. The van der Waals surface area contributed by atoms with E-state index in [9.17, 15) is 0 Å². The zero-order valence-electron chi connectivity index (χ0n) is 11.7. The Morgan fingerprint density at radius 3 is 2.90 bits per heavy atom. The number of para-hydroxylation sites is 1. The zero-order valence-corrected chi connectivity index (χ0v) is 11.7. The van der Waals surface area contributed by atoms with Crippen molar-refractivity contribution in [3.05, 3.63) is 41.9 Å². The maximum Gasteiger partial charge on any atom is 0.194 e. The van der Waals surface area contributed by atoms with Crippen LogP contribution in [0.1, 0.15) is 18.3 Å². The molecule has 0 amide bonds. The van der Waals surface area contributed by atoms with E-state index in [1.54, 1.807) is 7.05 Å². The number of hydrogen-bond donors (Lipinski definition) is 1. The number of nitrogens with zero attached hydrogens (tertiary/aromatic N) is 5. The number of benzene rings is 1. The highest BCUT2D eigenvalue weighted by molar-refractivity contribution is 5.83. The number of aryl methyl sites for hydroxylation is 1. The van der Waals surface area contributed by atoms with Crippen molar-refractivity contribution in [2.45, 2.75) is 20.0 Å². The first-order valence-corrected chi connectivity index (χ1v) is 6.78. The van der Waals surface area contributed by atoms with Crippen LogP contribution in [0.4, 0.5) is 0 Å². The monoisotopic (exact) mass is 270 g/mol. The van der Waals surface area contributed by atoms with Crippen LogP contribution < -0.4 is 5.32 Å². The molecule has 0 saturated heterocycles. The van der Waals surface area contributed by atoms with Gasteiger partial charge in [-0.3, -0.25) is 0 Å². The maximum absolute atomic E-state index is 4.24. The van der Waals surface area contributed by atoms with Gasteiger partial charge in [-0.15, -0.1) is 10.2 Å². The van der Waals surface area contributed by atoms with Crippen molar-refractivity contribution in [1.29, 1.82) is 0 Å². The van der Waals surface area contributed by atoms with Crippen molar-refractivity contribution in [2.24, 2.45) is 7.05 Å². The summed E-state index contributed by atoms with van der Waals surface area (Å²) in [4.78, 5) is 1.49. The molecular weight excluding hydrogens is 252 g/mol. The number of nitrogens with one attached hydrogen (secondary N) is 1. The predicted molar refractivity (Wildman–Crippen MR) is 77.2 cm³/mol. The first-order valence-electron chi connectivity index (χ1n) is 6.78. The van der Waals surface area contributed by atoms with E-state index in [4.69, 9.17) is 0 Å². The SMILES string of the molecule is CCNCc1cccc2ccn(Cc3nnn(C)n3)c12. The van der Waals surface area contributed by atoms with E-state index in [1.165, 1.54) is 21.3 Å². The molecule has 0 fully saturated rings. The van der Waals surface area contributed by atoms with Gasteiger partial charge in [0.15, 0.2) is 5.82 Å². The second-order valence-electron chi connectivity index (χ2n) is 4.77. The van der Waals surface area contributed by atoms with Crippen molar-refractivity contribution in [1.82, 2.24) is 30.1 Å². The van der Waals surface area contributed by atoms with Crippen LogP contribution in [0.15, 0.2) is 30.5 Å². The Bertz CT molecular complexity index is 711. The molecule has 0 saturated carbocycles. The molecule has 20 heavy (non-hydrogen) atoms. The van der Waals surface area contributed by atoms with Crippen LogP contribution in [-0.2, 0) is 20.1 Å². The molecule has 2 heterocycles. The molecule has 0 atom stereocenters. The Balaban J connectivity index is 1.98. The summed E-state index contributed by atoms with van der Waals surface area (Å²) >= 11 is 0. The molecule has 0 aliphatic carbocycles. The third-order valence-electron chi connectivity index (χ3n) is 3.30. The normalized spacial score (nSPS) is 11.3. The highest BCUT2D eigenvalue weighted by Crippen LogP contribution is 2.21. The van der Waals surface area contributed by atoms with Crippen LogP contribution in [-0.4, -0.2) is 31.3 Å². The minimum absolute atomic E-state index is 0.639. The van der Waals surface area contributed by atoms with Gasteiger partial charge in [0, 0.05) is 12.7 Å². The first kappa shape index (κ1) is 12.8. The molecule has 0 unspecified atom stereocenters. The summed E-state index contributed by atoms with van der Waals surface area (Å²) in [6.45, 7) is 4.58. The van der Waals surface area contributed by atoms with E-state index < -0.39 is 0 Å². The van der Waals surface area contributed by atoms with E-state index in [2.05, 4.69) is 62.7 Å². The molecule has 3 rings (SSSR count). The lowest BCUT2D eigenvalue weighted by Gasteiger charge is -2.08. The second-order valence-corrected chi connectivity index (χ2v) is 4.77. The van der Waals surface area contributed by atoms with Gasteiger partial charge in [-0.1, -0.05) is 25.1 Å². The van der Waals surface area contributed by atoms with E-state index in [1.807, 2.05) is 0 Å². The molecule has 6 nitrogen and oxygen atoms in total. The van der Waals surface area contributed by atoms with Gasteiger partial charge in [-0.25, -0.2) is 0 Å². The summed E-state index contributed by atoms with van der Waals surface area (Å²) in [6.07, 6.45) is 2.08. The molecule has 0 aliphatic rings. The van der Waals surface area contributed by atoms with Gasteiger partial charge < -0.3 is 9.88 Å². The van der Waals surface area contributed by atoms with Crippen molar-refractivity contribution in [2.75, 3.05) is 6.54 Å². The smallest absolute Gasteiger partial charge is 0.194 e. The van der Waals surface area contributed by atoms with Gasteiger partial charge in [0.05, 0.1) is 19.1 Å². The van der Waals surface area contributed by atoms with Gasteiger partial charge in [0.1, 0.15) is 0 Å². The van der Waals surface area contributed by atoms with E-state index in [0.717, 1.165) is 18.9 Å². The molecule has 0 radical (unpaired) electrons. The molecule has 6 heteroatoms. The molecule has 2 aromatic heterocycles. The number of hydrogen-bond acceptors (Lipinski definition) is 4. The Labute approximate surface area is 117 Å². The van der Waals surface area contributed by atoms with Crippen LogP contribution in [0.25, 0.3) is 10.9 Å². The maximum atomic E-state index is 4.24. The summed E-state index contributed by atoms with van der Waals surface area (Å²) < 4.78 is 2.18. The fourth-order valence-electron chi connectivity index (χ4n) is 2.41. The van der Waals surface area contributed by atoms with Gasteiger partial charge >= 0.3 is 0 Å². The highest BCUT2D eigenvalue weighted by Gasteiger charge is 2.09. The van der Waals surface area contributed by atoms with Gasteiger partial charge in [0.2, 0.25) is 0 Å². The standard InChI is InChI=1S/C14H18N6/c1-3-15-9-12-6-4-5-11-7-8-20(14(11)12)10-13-16-18-19(2)17-13/h4-8,15H,3,9-10H2,1-2H3. The van der Waals surface area contributed by atoms with Crippen molar-refractivity contribution in [3.8, 4) is 0 Å². The summed E-state index contributed by atoms with van der Waals surface area (Å²) in [5.41, 5.74) is 2.53. The quantitative estimate of drug-likeness (QED) is 0.759. The van der Waals surface area contributed by atoms with Gasteiger partial charge in [-0.05, 0) is 28.8 Å². The molecule has 1 aromatic carbocycles. The van der Waals surface area contributed by atoms with E-state index >= 15 is 0 Å². The third kappa shape index (κ3) is 2.42. The Morgan fingerprint density at radius 1 is 1.25 bits per heavy atom. The molecule has 3 aromatic rings. The summed E-state index contributed by atoms with van der Waals surface area (Å²) in [6, 6.07) is 8.51. The minimum Gasteiger partial charge on any atom is -0.339 e. The van der Waals surface area contributed by atoms with E-state index in [0.29, 0.717) is 6.54 Å². The summed E-state index contributed by atoms with van der Waals surface area (Å²) in [7, 11) is 1.78. The second kappa shape index (κ2) is 5.42. The topological polar surface area (TPSA) is 60.6 Å². The lowest BCUT2D eigenvalue weighted by atomic mass is 10.1. The number of aromatic nitrogens is 5. The van der Waals surface area contributed by atoms with Crippen LogP contribution in [0.5, 0.6) is 0 Å². The van der Waals surface area contributed by atoms with Gasteiger partial charge in [-0.2, -0.15) is 4.80 Å². The molecule has 0 aliphatic heterocycles. The van der Waals surface area contributed by atoms with Crippen molar-refractivity contribution >= 4 is 10.9 Å². The van der Waals surface area contributed by atoms with Crippen LogP contribution in [0.3, 0.4) is 0 Å². The van der Waals surface area contributed by atoms with Gasteiger partial charge in [0.25, 0.3) is 0 Å². The van der Waals surface area contributed by atoms with Crippen molar-refractivity contribution in [3.63, 3.8) is 0 Å². The molecule has 104 valence electrons. The Kier molecular flexibility index (Phi) is 3.47. The highest BCUT2D eigenvalue weighted by atomic mass is 15.6. The number of tetrazole rings is 1. The summed E-state index contributed by atoms with van der Waals surface area (Å²) in [5.74, 6) is 0.725. The third-order valence-corrected chi connectivity index (χ3v) is 3.30. The zero-order chi connectivity index (χ0) is 13.9. The van der Waals surface area contributed by atoms with Crippen molar-refractivity contribution < 1.29 is 0 Å². The number of rotatable bonds is 5. The number of fused-ring (bicyclic) bond motifs is 1. The predicted octanol–water partition coefficient (Wildman–Crippen LogP) is 1.32. The largest absolute Gasteiger partial charge is 0.339 e. The fourth-order valence-corrected chi connectivity index (χ4v) is 2.41. The van der Waals surface area contributed by atoms with Crippen LogP contribution in [0, 0.1) is 0 Å². The lowest BCUT2D eigenvalue weighted by Crippen LogP contribution is -2.13. The average molecular weight is 270 g/mol. The Hall–Kier alpha value is -2.21. The molecule has 1 N–H and O–H groups in total. The molecule has 0 spiro atoms. The fraction of sp³-hybridized carbons (Fsp3) is 0.357. The molecular formula is C14H18N6. The summed E-state index contributed by atoms with van der Waals surface area (Å²) in [5, 5.41) is 16.8.